The molecule has 0 aliphatic carbocycles. The van der Waals surface area contributed by atoms with E-state index in [1.807, 2.05) is 6.92 Å². The highest BCUT2D eigenvalue weighted by Gasteiger charge is 1.74. The molecule has 0 bridgehead atoms. The van der Waals surface area contributed by atoms with Crippen molar-refractivity contribution in [2.24, 2.45) is 5.73 Å². The number of nitrogens with two attached hydrogens (primary N) is 1. The van der Waals surface area contributed by atoms with Crippen LogP contribution in [0.3, 0.4) is 0 Å². The second-order valence-corrected chi connectivity index (χ2v) is 1.77. The van der Waals surface area contributed by atoms with Crippen molar-refractivity contribution < 1.29 is 5.11 Å². The second kappa shape index (κ2) is 5.44. The van der Waals surface area contributed by atoms with Gasteiger partial charge in [-0.25, -0.2) is 0 Å². The van der Waals surface area contributed by atoms with Gasteiger partial charge >= 0.3 is 0 Å². The Morgan fingerprint density at radius 2 is 2.44 bits per heavy atom. The van der Waals surface area contributed by atoms with Crippen molar-refractivity contribution >= 4 is 0 Å². The van der Waals surface area contributed by atoms with E-state index >= 15 is 0 Å². The molecule has 0 aromatic heterocycles. The maximum Gasteiger partial charge on any atom is 0.0807 e. The third-order valence-corrected chi connectivity index (χ3v) is 0.792. The van der Waals surface area contributed by atoms with E-state index in [1.54, 1.807) is 0 Å². The van der Waals surface area contributed by atoms with Gasteiger partial charge in [0.15, 0.2) is 0 Å². The van der Waals surface area contributed by atoms with Crippen LogP contribution >= 0.6 is 0 Å². The summed E-state index contributed by atoms with van der Waals surface area (Å²) in [4.78, 5) is 0. The molecular formula is C6H13N2O-. The maximum absolute atomic E-state index is 8.38. The number of nitrogens with zero attached hydrogens (tertiary/aromatic N) is 1. The molecule has 0 unspecified atom stereocenters. The predicted octanol–water partition coefficient (Wildman–Crippen LogP) is 0.563. The van der Waals surface area contributed by atoms with Crippen LogP contribution in [0.4, 0.5) is 0 Å². The lowest BCUT2D eigenvalue weighted by Gasteiger charge is -2.12. The molecule has 0 heterocycles. The summed E-state index contributed by atoms with van der Waals surface area (Å²) in [6.07, 6.45) is 2.51. The first-order chi connectivity index (χ1) is 4.31. The summed E-state index contributed by atoms with van der Waals surface area (Å²) in [6.45, 7) is 2.71. The predicted molar refractivity (Wildman–Crippen MR) is 37.9 cm³/mol. The van der Waals surface area contributed by atoms with Gasteiger partial charge in [0.05, 0.1) is 6.61 Å². The van der Waals surface area contributed by atoms with Crippen molar-refractivity contribution in [3.8, 4) is 0 Å². The zero-order valence-corrected chi connectivity index (χ0v) is 5.67. The van der Waals surface area contributed by atoms with E-state index in [0.29, 0.717) is 5.70 Å². The number of hydrogen-bond donors (Lipinski definition) is 2. The quantitative estimate of drug-likeness (QED) is 0.545. The van der Waals surface area contributed by atoms with E-state index in [2.05, 4.69) is 5.32 Å². The molecule has 0 rings (SSSR count). The first kappa shape index (κ1) is 8.30. The van der Waals surface area contributed by atoms with E-state index in [0.717, 1.165) is 13.0 Å². The lowest BCUT2D eigenvalue weighted by molar-refractivity contribution is 0.329. The molecule has 0 saturated heterocycles. The molecular weight excluding hydrogens is 116 g/mol. The zero-order valence-electron chi connectivity index (χ0n) is 5.67. The van der Waals surface area contributed by atoms with Crippen LogP contribution in [0, 0.1) is 0 Å². The van der Waals surface area contributed by atoms with E-state index < -0.39 is 0 Å². The van der Waals surface area contributed by atoms with Gasteiger partial charge in [-0.15, -0.1) is 6.54 Å². The Morgan fingerprint density at radius 1 is 1.78 bits per heavy atom. The summed E-state index contributed by atoms with van der Waals surface area (Å²) >= 11 is 0. The fourth-order valence-electron chi connectivity index (χ4n) is 0.352. The van der Waals surface area contributed by atoms with Gasteiger partial charge in [0.2, 0.25) is 0 Å². The third kappa shape index (κ3) is 5.17. The summed E-state index contributed by atoms with van der Waals surface area (Å²) in [7, 11) is 0. The molecule has 0 aromatic carbocycles. The van der Waals surface area contributed by atoms with Crippen LogP contribution in [0.5, 0.6) is 0 Å². The van der Waals surface area contributed by atoms with Crippen molar-refractivity contribution in [3.63, 3.8) is 0 Å². The van der Waals surface area contributed by atoms with Crippen LogP contribution in [0.2, 0.25) is 0 Å². The van der Waals surface area contributed by atoms with Gasteiger partial charge in [-0.3, -0.25) is 0 Å². The topological polar surface area (TPSA) is 60.4 Å². The van der Waals surface area contributed by atoms with Gasteiger partial charge in [-0.2, -0.15) is 6.20 Å². The van der Waals surface area contributed by atoms with Gasteiger partial charge in [0.1, 0.15) is 0 Å². The van der Waals surface area contributed by atoms with Crippen LogP contribution in [0.15, 0.2) is 11.9 Å². The van der Waals surface area contributed by atoms with Gasteiger partial charge in [-0.1, -0.05) is 13.3 Å². The molecule has 0 aliphatic rings. The van der Waals surface area contributed by atoms with Crippen molar-refractivity contribution in [2.45, 2.75) is 13.3 Å². The lowest BCUT2D eigenvalue weighted by Crippen LogP contribution is -2.01. The molecule has 0 saturated carbocycles. The Balaban J connectivity index is 3.21. The minimum absolute atomic E-state index is 0.104. The molecule has 0 amide bonds. The monoisotopic (exact) mass is 129 g/mol. The Kier molecular flexibility index (Phi) is 5.01. The minimum Gasteiger partial charge on any atom is -0.689 e. The lowest BCUT2D eigenvalue weighted by atomic mass is 10.4. The molecule has 0 atom stereocenters. The summed E-state index contributed by atoms with van der Waals surface area (Å²) < 4.78 is 0. The van der Waals surface area contributed by atoms with E-state index in [4.69, 9.17) is 10.8 Å². The normalized spacial score (nSPS) is 11.6. The van der Waals surface area contributed by atoms with Crippen LogP contribution in [-0.2, 0) is 0 Å². The average Bonchev–Trinajstić information content (AvgIpc) is 1.89. The molecule has 0 aliphatic heterocycles. The summed E-state index contributed by atoms with van der Waals surface area (Å²) in [5.41, 5.74) is 5.65. The summed E-state index contributed by atoms with van der Waals surface area (Å²) in [5, 5.41) is 12.3. The molecule has 0 aromatic rings. The van der Waals surface area contributed by atoms with Gasteiger partial charge in [0.25, 0.3) is 0 Å². The van der Waals surface area contributed by atoms with Crippen molar-refractivity contribution in [1.29, 1.82) is 0 Å². The fourth-order valence-corrected chi connectivity index (χ4v) is 0.352. The van der Waals surface area contributed by atoms with E-state index in [-0.39, 0.29) is 6.61 Å². The van der Waals surface area contributed by atoms with Crippen LogP contribution in [0.1, 0.15) is 13.3 Å². The number of rotatable bonds is 4. The van der Waals surface area contributed by atoms with Crippen molar-refractivity contribution in [1.82, 2.24) is 0 Å². The van der Waals surface area contributed by atoms with Crippen molar-refractivity contribution in [2.75, 3.05) is 13.2 Å². The fraction of sp³-hybridized carbons (Fsp3) is 0.667. The Hall–Kier alpha value is -0.700. The largest absolute Gasteiger partial charge is 0.689 e. The number of hydrogen-bond acceptors (Lipinski definition) is 2. The SMILES string of the molecule is CCC[N-]/C=C(\N)CO. The first-order valence-electron chi connectivity index (χ1n) is 3.03. The first-order valence-corrected chi connectivity index (χ1v) is 3.03. The molecule has 0 fully saturated rings. The van der Waals surface area contributed by atoms with Gasteiger partial charge < -0.3 is 16.2 Å². The molecule has 0 radical (unpaired) electrons. The molecule has 9 heavy (non-hydrogen) atoms. The Bertz CT molecular complexity index is 91.1. The number of aliphatic hydroxyl groups is 1. The standard InChI is InChI=1S/C6H13N2O/c1-2-3-8-4-6(7)5-9/h4,9H,2-3,5,7H2,1H3/q-1/b6-4-. The Morgan fingerprint density at radius 3 is 2.89 bits per heavy atom. The van der Waals surface area contributed by atoms with Crippen LogP contribution < -0.4 is 5.73 Å². The molecule has 3 N–H and O–H groups in total. The molecule has 0 spiro atoms. The number of aliphatic hydroxyl groups excluding tert-OH is 1. The highest BCUT2D eigenvalue weighted by molar-refractivity contribution is 5.07. The summed E-state index contributed by atoms with van der Waals surface area (Å²) in [6, 6.07) is 0. The molecule has 3 heteroatoms. The van der Waals surface area contributed by atoms with Crippen molar-refractivity contribution in [3.05, 3.63) is 17.2 Å². The smallest absolute Gasteiger partial charge is 0.0807 e. The van der Waals surface area contributed by atoms with E-state index in [9.17, 15) is 0 Å². The average molecular weight is 129 g/mol. The van der Waals surface area contributed by atoms with E-state index in [1.165, 1.54) is 6.20 Å². The second-order valence-electron chi connectivity index (χ2n) is 1.77. The maximum atomic E-state index is 8.38. The minimum atomic E-state index is -0.104. The molecule has 54 valence electrons. The summed E-state index contributed by atoms with van der Waals surface area (Å²) in [5.74, 6) is 0. The van der Waals surface area contributed by atoms with Crippen LogP contribution in [-0.4, -0.2) is 18.3 Å². The highest BCUT2D eigenvalue weighted by atomic mass is 16.3. The highest BCUT2D eigenvalue weighted by Crippen LogP contribution is 1.92. The molecule has 3 nitrogen and oxygen atoms in total. The van der Waals surface area contributed by atoms with Gasteiger partial charge in [0, 0.05) is 5.70 Å². The van der Waals surface area contributed by atoms with Crippen LogP contribution in [0.25, 0.3) is 5.32 Å². The third-order valence-electron chi connectivity index (χ3n) is 0.792. The van der Waals surface area contributed by atoms with Gasteiger partial charge in [-0.05, 0) is 0 Å². The zero-order chi connectivity index (χ0) is 7.11. The Labute approximate surface area is 55.6 Å².